The molecule has 0 radical (unpaired) electrons. The summed E-state index contributed by atoms with van der Waals surface area (Å²) in [5, 5.41) is 17.6. The largest absolute Gasteiger partial charge is 0.372 e. The van der Waals surface area contributed by atoms with Gasteiger partial charge >= 0.3 is 0 Å². The number of benzene rings is 2. The fourth-order valence-corrected chi connectivity index (χ4v) is 2.48. The molecule has 0 atom stereocenters. The molecule has 0 saturated carbocycles. The number of carbonyl (C=O) groups is 1. The Morgan fingerprint density at radius 1 is 1.08 bits per heavy atom. The molecule has 0 fully saturated rings. The zero-order valence-electron chi connectivity index (χ0n) is 13.1. The van der Waals surface area contributed by atoms with E-state index in [-0.39, 0.29) is 12.4 Å². The van der Waals surface area contributed by atoms with Gasteiger partial charge in [0, 0.05) is 0 Å². The maximum absolute atomic E-state index is 12.8. The maximum Gasteiger partial charge on any atom is 0.261 e. The van der Waals surface area contributed by atoms with Gasteiger partial charge in [-0.1, -0.05) is 65.8 Å². The van der Waals surface area contributed by atoms with Crippen LogP contribution in [0, 0.1) is 6.92 Å². The minimum atomic E-state index is -1.81. The molecule has 0 spiro atoms. The summed E-state index contributed by atoms with van der Waals surface area (Å²) < 4.78 is 4.98. The molecule has 0 unspecified atom stereocenters. The molecular weight excluding hydrogens is 306 g/mol. The normalized spacial score (nSPS) is 11.2. The minimum Gasteiger partial charge on any atom is -0.372 e. The summed E-state index contributed by atoms with van der Waals surface area (Å²) in [6.45, 7) is 1.74. The molecule has 0 aliphatic heterocycles. The van der Waals surface area contributed by atoms with E-state index in [1.165, 1.54) is 0 Å². The van der Waals surface area contributed by atoms with E-state index in [4.69, 9.17) is 4.52 Å². The Balaban J connectivity index is 1.91. The molecule has 0 aliphatic carbocycles. The lowest BCUT2D eigenvalue weighted by Gasteiger charge is -2.27. The highest BCUT2D eigenvalue weighted by molar-refractivity contribution is 5.89. The first kappa shape index (κ1) is 15.9. The third kappa shape index (κ3) is 3.04. The van der Waals surface area contributed by atoms with Gasteiger partial charge in [0.15, 0.2) is 11.4 Å². The van der Waals surface area contributed by atoms with Crippen LogP contribution in [0.4, 0.5) is 0 Å². The average molecular weight is 323 g/mol. The number of rotatable bonds is 5. The zero-order chi connectivity index (χ0) is 17.0. The summed E-state index contributed by atoms with van der Waals surface area (Å²) in [5.74, 6) is 0.209. The molecule has 2 aromatic carbocycles. The number of nitrogens with zero attached hydrogens (tertiary/aromatic N) is 2. The molecule has 3 rings (SSSR count). The fraction of sp³-hybridized carbons (Fsp3) is 0.167. The molecule has 122 valence electrons. The smallest absolute Gasteiger partial charge is 0.261 e. The van der Waals surface area contributed by atoms with Crippen LogP contribution in [0.25, 0.3) is 0 Å². The molecule has 0 aliphatic rings. The molecule has 6 heteroatoms. The SMILES string of the molecule is Cc1noc(CNC(=O)C(O)(c2ccccc2)c2ccccc2)n1. The first-order chi connectivity index (χ1) is 11.6. The molecule has 1 amide bonds. The molecule has 1 aromatic heterocycles. The number of aromatic nitrogens is 2. The molecule has 6 nitrogen and oxygen atoms in total. The van der Waals surface area contributed by atoms with Crippen molar-refractivity contribution in [2.45, 2.75) is 19.1 Å². The highest BCUT2D eigenvalue weighted by atomic mass is 16.5. The third-order valence-electron chi connectivity index (χ3n) is 3.68. The summed E-state index contributed by atoms with van der Waals surface area (Å²) in [5.41, 5.74) is -0.844. The van der Waals surface area contributed by atoms with E-state index in [0.29, 0.717) is 17.0 Å². The quantitative estimate of drug-likeness (QED) is 0.749. The molecular formula is C18H17N3O3. The number of hydrogen-bond donors (Lipinski definition) is 2. The van der Waals surface area contributed by atoms with E-state index in [9.17, 15) is 9.90 Å². The van der Waals surface area contributed by atoms with Crippen molar-refractivity contribution in [3.63, 3.8) is 0 Å². The van der Waals surface area contributed by atoms with Gasteiger partial charge in [-0.2, -0.15) is 4.98 Å². The second-order valence-electron chi connectivity index (χ2n) is 5.36. The van der Waals surface area contributed by atoms with Gasteiger partial charge in [-0.3, -0.25) is 4.79 Å². The summed E-state index contributed by atoms with van der Waals surface area (Å²) in [4.78, 5) is 16.8. The lowest BCUT2D eigenvalue weighted by molar-refractivity contribution is -0.137. The van der Waals surface area contributed by atoms with E-state index < -0.39 is 11.5 Å². The Bertz CT molecular complexity index is 776. The molecule has 0 bridgehead atoms. The Hall–Kier alpha value is -2.99. The molecule has 2 N–H and O–H groups in total. The van der Waals surface area contributed by atoms with Crippen LogP contribution < -0.4 is 5.32 Å². The minimum absolute atomic E-state index is 0.0433. The molecule has 24 heavy (non-hydrogen) atoms. The highest BCUT2D eigenvalue weighted by Gasteiger charge is 2.39. The molecule has 3 aromatic rings. The molecule has 1 heterocycles. The van der Waals surface area contributed by atoms with Gasteiger partial charge < -0.3 is 14.9 Å². The van der Waals surface area contributed by atoms with Gasteiger partial charge in [0.05, 0.1) is 6.54 Å². The second-order valence-corrected chi connectivity index (χ2v) is 5.36. The third-order valence-corrected chi connectivity index (χ3v) is 3.68. The van der Waals surface area contributed by atoms with E-state index >= 15 is 0 Å². The van der Waals surface area contributed by atoms with Gasteiger partial charge in [-0.15, -0.1) is 0 Å². The monoisotopic (exact) mass is 323 g/mol. The van der Waals surface area contributed by atoms with Crippen LogP contribution in [-0.2, 0) is 16.9 Å². The number of carbonyl (C=O) groups excluding carboxylic acids is 1. The van der Waals surface area contributed by atoms with Crippen molar-refractivity contribution in [3.8, 4) is 0 Å². The number of aryl methyl sites for hydroxylation is 1. The Morgan fingerprint density at radius 3 is 2.08 bits per heavy atom. The Morgan fingerprint density at radius 2 is 1.62 bits per heavy atom. The Labute approximate surface area is 139 Å². The zero-order valence-corrected chi connectivity index (χ0v) is 13.1. The number of hydrogen-bond acceptors (Lipinski definition) is 5. The van der Waals surface area contributed by atoms with E-state index in [2.05, 4.69) is 15.5 Å². The summed E-state index contributed by atoms with van der Waals surface area (Å²) in [6.07, 6.45) is 0. The standard InChI is InChI=1S/C18H17N3O3/c1-13-20-16(24-21-13)12-19-17(22)18(23,14-8-4-2-5-9-14)15-10-6-3-7-11-15/h2-11,23H,12H2,1H3,(H,19,22). The van der Waals surface area contributed by atoms with Gasteiger partial charge in [-0.05, 0) is 18.1 Å². The van der Waals surface area contributed by atoms with Crippen LogP contribution in [0.2, 0.25) is 0 Å². The van der Waals surface area contributed by atoms with Gasteiger partial charge in [-0.25, -0.2) is 0 Å². The van der Waals surface area contributed by atoms with Crippen LogP contribution in [-0.4, -0.2) is 21.2 Å². The van der Waals surface area contributed by atoms with E-state index in [1.807, 2.05) is 12.1 Å². The second kappa shape index (κ2) is 6.64. The van der Waals surface area contributed by atoms with Crippen molar-refractivity contribution in [1.29, 1.82) is 0 Å². The lowest BCUT2D eigenvalue weighted by Crippen LogP contribution is -2.45. The van der Waals surface area contributed by atoms with Gasteiger partial charge in [0.1, 0.15) is 0 Å². The van der Waals surface area contributed by atoms with Crippen LogP contribution in [0.5, 0.6) is 0 Å². The van der Waals surface area contributed by atoms with Crippen molar-refractivity contribution < 1.29 is 14.4 Å². The predicted octanol–water partition coefficient (Wildman–Crippen LogP) is 1.93. The van der Waals surface area contributed by atoms with E-state index in [1.54, 1.807) is 55.5 Å². The number of amides is 1. The van der Waals surface area contributed by atoms with Gasteiger partial charge in [0.2, 0.25) is 5.89 Å². The summed E-state index contributed by atoms with van der Waals surface area (Å²) >= 11 is 0. The van der Waals surface area contributed by atoms with Crippen LogP contribution >= 0.6 is 0 Å². The van der Waals surface area contributed by atoms with Gasteiger partial charge in [0.25, 0.3) is 5.91 Å². The summed E-state index contributed by atoms with van der Waals surface area (Å²) in [6, 6.07) is 17.6. The lowest BCUT2D eigenvalue weighted by atomic mass is 9.85. The predicted molar refractivity (Wildman–Crippen MR) is 86.8 cm³/mol. The van der Waals surface area contributed by atoms with Crippen molar-refractivity contribution in [3.05, 3.63) is 83.5 Å². The fourth-order valence-electron chi connectivity index (χ4n) is 2.48. The van der Waals surface area contributed by atoms with Crippen molar-refractivity contribution in [1.82, 2.24) is 15.5 Å². The summed E-state index contributed by atoms with van der Waals surface area (Å²) in [7, 11) is 0. The van der Waals surface area contributed by atoms with E-state index in [0.717, 1.165) is 0 Å². The van der Waals surface area contributed by atoms with Crippen molar-refractivity contribution >= 4 is 5.91 Å². The first-order valence-corrected chi connectivity index (χ1v) is 7.51. The van der Waals surface area contributed by atoms with Crippen molar-refractivity contribution in [2.75, 3.05) is 0 Å². The Kier molecular flexibility index (Phi) is 4.39. The van der Waals surface area contributed by atoms with Crippen LogP contribution in [0.3, 0.4) is 0 Å². The molecule has 0 saturated heterocycles. The maximum atomic E-state index is 12.8. The first-order valence-electron chi connectivity index (χ1n) is 7.51. The number of nitrogens with one attached hydrogen (secondary N) is 1. The highest BCUT2D eigenvalue weighted by Crippen LogP contribution is 2.29. The number of aliphatic hydroxyl groups is 1. The van der Waals surface area contributed by atoms with Crippen LogP contribution in [0.15, 0.2) is 65.2 Å². The van der Waals surface area contributed by atoms with Crippen molar-refractivity contribution in [2.24, 2.45) is 0 Å². The average Bonchev–Trinajstić information content (AvgIpc) is 3.05. The topological polar surface area (TPSA) is 88.2 Å². The van der Waals surface area contributed by atoms with Crippen LogP contribution in [0.1, 0.15) is 22.8 Å².